The summed E-state index contributed by atoms with van der Waals surface area (Å²) in [5, 5.41) is 0.315. The molecule has 3 rings (SSSR count). The van der Waals surface area contributed by atoms with Gasteiger partial charge in [-0.2, -0.15) is 0 Å². The number of amides is 1. The number of aromatic nitrogens is 1. The molecule has 1 aromatic heterocycles. The topological polar surface area (TPSA) is 42.4 Å². The SMILES string of the molecule is CC(C)(C(=O)N1CCC(Oc2cccnc2)C1)c1ccc(Cl)cc1F. The van der Waals surface area contributed by atoms with Crippen LogP contribution in [0.5, 0.6) is 5.75 Å². The molecule has 1 saturated heterocycles. The molecule has 0 radical (unpaired) electrons. The lowest BCUT2D eigenvalue weighted by Crippen LogP contribution is -2.43. The maximum Gasteiger partial charge on any atom is 0.232 e. The van der Waals surface area contributed by atoms with E-state index in [1.54, 1.807) is 49.3 Å². The Morgan fingerprint density at radius 1 is 1.40 bits per heavy atom. The highest BCUT2D eigenvalue weighted by molar-refractivity contribution is 6.30. The Labute approximate surface area is 151 Å². The third-order valence-electron chi connectivity index (χ3n) is 4.51. The van der Waals surface area contributed by atoms with E-state index in [0.717, 1.165) is 6.42 Å². The van der Waals surface area contributed by atoms with Crippen LogP contribution in [-0.4, -0.2) is 35.0 Å². The average Bonchev–Trinajstić information content (AvgIpc) is 3.03. The van der Waals surface area contributed by atoms with Gasteiger partial charge in [-0.1, -0.05) is 17.7 Å². The van der Waals surface area contributed by atoms with Crippen LogP contribution in [0.3, 0.4) is 0 Å². The van der Waals surface area contributed by atoms with Crippen LogP contribution in [-0.2, 0) is 10.2 Å². The Balaban J connectivity index is 1.70. The Bertz CT molecular complexity index is 767. The number of benzene rings is 1. The van der Waals surface area contributed by atoms with Crippen LogP contribution in [0.1, 0.15) is 25.8 Å². The number of rotatable bonds is 4. The van der Waals surface area contributed by atoms with Gasteiger partial charge in [0, 0.05) is 29.7 Å². The second-order valence-electron chi connectivity index (χ2n) is 6.72. The largest absolute Gasteiger partial charge is 0.487 e. The third-order valence-corrected chi connectivity index (χ3v) is 4.74. The van der Waals surface area contributed by atoms with Crippen LogP contribution in [0.2, 0.25) is 5.02 Å². The molecule has 0 N–H and O–H groups in total. The van der Waals surface area contributed by atoms with Crippen molar-refractivity contribution in [3.8, 4) is 5.75 Å². The molecular weight excluding hydrogens is 343 g/mol. The van der Waals surface area contributed by atoms with E-state index in [0.29, 0.717) is 29.4 Å². The summed E-state index contributed by atoms with van der Waals surface area (Å²) in [4.78, 5) is 18.7. The lowest BCUT2D eigenvalue weighted by molar-refractivity contribution is -0.135. The first-order chi connectivity index (χ1) is 11.9. The van der Waals surface area contributed by atoms with Crippen LogP contribution in [0, 0.1) is 5.82 Å². The minimum absolute atomic E-state index is 0.0842. The molecule has 1 fully saturated rings. The second-order valence-corrected chi connectivity index (χ2v) is 7.15. The summed E-state index contributed by atoms with van der Waals surface area (Å²) in [6.07, 6.45) is 3.98. The Morgan fingerprint density at radius 3 is 2.88 bits per heavy atom. The van der Waals surface area contributed by atoms with Crippen molar-refractivity contribution in [1.82, 2.24) is 9.88 Å². The third kappa shape index (κ3) is 3.76. The number of hydrogen-bond acceptors (Lipinski definition) is 3. The fraction of sp³-hybridized carbons (Fsp3) is 0.368. The number of carbonyl (C=O) groups excluding carboxylic acids is 1. The van der Waals surface area contributed by atoms with Crippen molar-refractivity contribution in [2.24, 2.45) is 0 Å². The van der Waals surface area contributed by atoms with Gasteiger partial charge in [-0.05, 0) is 38.1 Å². The van der Waals surface area contributed by atoms with Gasteiger partial charge in [0.15, 0.2) is 0 Å². The van der Waals surface area contributed by atoms with Crippen molar-refractivity contribution in [3.05, 3.63) is 59.1 Å². The van der Waals surface area contributed by atoms with Gasteiger partial charge in [0.05, 0.1) is 18.2 Å². The van der Waals surface area contributed by atoms with E-state index in [9.17, 15) is 9.18 Å². The smallest absolute Gasteiger partial charge is 0.232 e. The highest BCUT2D eigenvalue weighted by Crippen LogP contribution is 2.31. The molecule has 25 heavy (non-hydrogen) atoms. The van der Waals surface area contributed by atoms with Crippen molar-refractivity contribution < 1.29 is 13.9 Å². The molecule has 0 saturated carbocycles. The highest BCUT2D eigenvalue weighted by Gasteiger charge is 2.39. The van der Waals surface area contributed by atoms with E-state index < -0.39 is 11.2 Å². The molecule has 1 aliphatic rings. The zero-order valence-electron chi connectivity index (χ0n) is 14.2. The standard InChI is InChI=1S/C19H20ClFN2O2/c1-19(2,16-6-5-13(20)10-17(16)21)18(24)23-9-7-15(12-23)25-14-4-3-8-22-11-14/h3-6,8,10-11,15H,7,9,12H2,1-2H3. The van der Waals surface area contributed by atoms with Gasteiger partial charge in [-0.25, -0.2) is 4.39 Å². The number of nitrogens with zero attached hydrogens (tertiary/aromatic N) is 2. The Hall–Kier alpha value is -2.14. The second kappa shape index (κ2) is 7.00. The Morgan fingerprint density at radius 2 is 2.20 bits per heavy atom. The fourth-order valence-electron chi connectivity index (χ4n) is 3.12. The summed E-state index contributed by atoms with van der Waals surface area (Å²) in [5.74, 6) is 0.101. The first-order valence-electron chi connectivity index (χ1n) is 8.19. The van der Waals surface area contributed by atoms with Crippen LogP contribution < -0.4 is 4.74 Å². The highest BCUT2D eigenvalue weighted by atomic mass is 35.5. The van der Waals surface area contributed by atoms with Gasteiger partial charge < -0.3 is 9.64 Å². The fourth-order valence-corrected chi connectivity index (χ4v) is 3.28. The predicted molar refractivity (Wildman–Crippen MR) is 94.3 cm³/mol. The quantitative estimate of drug-likeness (QED) is 0.830. The molecule has 6 heteroatoms. The van der Waals surface area contributed by atoms with Gasteiger partial charge in [0.1, 0.15) is 17.7 Å². The van der Waals surface area contributed by atoms with Gasteiger partial charge in [0.2, 0.25) is 5.91 Å². The van der Waals surface area contributed by atoms with Crippen LogP contribution in [0.15, 0.2) is 42.7 Å². The number of likely N-dealkylation sites (tertiary alicyclic amines) is 1. The van der Waals surface area contributed by atoms with Crippen molar-refractivity contribution in [1.29, 1.82) is 0 Å². The molecule has 0 bridgehead atoms. The van der Waals surface area contributed by atoms with Gasteiger partial charge >= 0.3 is 0 Å². The van der Waals surface area contributed by atoms with Crippen LogP contribution in [0.25, 0.3) is 0 Å². The molecule has 132 valence electrons. The summed E-state index contributed by atoms with van der Waals surface area (Å²) in [6, 6.07) is 8.07. The number of ether oxygens (including phenoxy) is 1. The number of pyridine rings is 1. The lowest BCUT2D eigenvalue weighted by Gasteiger charge is -2.30. The van der Waals surface area contributed by atoms with Crippen molar-refractivity contribution in [3.63, 3.8) is 0 Å². The van der Waals surface area contributed by atoms with E-state index in [2.05, 4.69) is 4.98 Å². The number of halogens is 2. The van der Waals surface area contributed by atoms with Crippen LogP contribution in [0.4, 0.5) is 4.39 Å². The van der Waals surface area contributed by atoms with Crippen molar-refractivity contribution in [2.45, 2.75) is 31.8 Å². The molecule has 1 aromatic carbocycles. The monoisotopic (exact) mass is 362 g/mol. The van der Waals surface area contributed by atoms with Crippen LogP contribution >= 0.6 is 11.6 Å². The molecule has 1 amide bonds. The molecule has 0 aliphatic carbocycles. The zero-order valence-corrected chi connectivity index (χ0v) is 15.0. The van der Waals surface area contributed by atoms with Crippen molar-refractivity contribution in [2.75, 3.05) is 13.1 Å². The first kappa shape index (κ1) is 17.7. The van der Waals surface area contributed by atoms with Gasteiger partial charge in [-0.15, -0.1) is 0 Å². The average molecular weight is 363 g/mol. The molecule has 4 nitrogen and oxygen atoms in total. The number of hydrogen-bond donors (Lipinski definition) is 0. The van der Waals surface area contributed by atoms with E-state index >= 15 is 0 Å². The molecular formula is C19H20ClFN2O2. The van der Waals surface area contributed by atoms with Gasteiger partial charge in [0.25, 0.3) is 0 Å². The van der Waals surface area contributed by atoms with E-state index in [-0.39, 0.29) is 12.0 Å². The molecule has 2 aromatic rings. The summed E-state index contributed by atoms with van der Waals surface area (Å²) in [5.41, 5.74) is -0.628. The number of carbonyl (C=O) groups is 1. The van der Waals surface area contributed by atoms with E-state index in [4.69, 9.17) is 16.3 Å². The predicted octanol–water partition coefficient (Wildman–Crippen LogP) is 3.83. The van der Waals surface area contributed by atoms with E-state index in [1.807, 2.05) is 6.07 Å². The summed E-state index contributed by atoms with van der Waals surface area (Å²) in [6.45, 7) is 4.53. The summed E-state index contributed by atoms with van der Waals surface area (Å²) >= 11 is 5.81. The normalized spacial score (nSPS) is 17.6. The van der Waals surface area contributed by atoms with Crippen molar-refractivity contribution >= 4 is 17.5 Å². The Kier molecular flexibility index (Phi) is 4.95. The molecule has 1 atom stereocenters. The lowest BCUT2D eigenvalue weighted by atomic mass is 9.83. The summed E-state index contributed by atoms with van der Waals surface area (Å²) in [7, 11) is 0. The minimum atomic E-state index is -0.974. The maximum atomic E-state index is 14.3. The molecule has 2 heterocycles. The zero-order chi connectivity index (χ0) is 18.0. The van der Waals surface area contributed by atoms with E-state index in [1.165, 1.54) is 6.07 Å². The molecule has 1 aliphatic heterocycles. The first-order valence-corrected chi connectivity index (χ1v) is 8.57. The van der Waals surface area contributed by atoms with Gasteiger partial charge in [-0.3, -0.25) is 9.78 Å². The minimum Gasteiger partial charge on any atom is -0.487 e. The molecule has 0 spiro atoms. The molecule has 1 unspecified atom stereocenters. The maximum absolute atomic E-state index is 14.3. The summed E-state index contributed by atoms with van der Waals surface area (Å²) < 4.78 is 20.1.